The van der Waals surface area contributed by atoms with E-state index >= 15 is 0 Å². The molecule has 1 amide bonds. The zero-order valence-corrected chi connectivity index (χ0v) is 17.7. The van der Waals surface area contributed by atoms with Crippen molar-refractivity contribution in [1.29, 1.82) is 0 Å². The minimum atomic E-state index is -0.0528. The third kappa shape index (κ3) is 3.69. The summed E-state index contributed by atoms with van der Waals surface area (Å²) in [5, 5.41) is 14.5. The number of nitrogens with zero attached hydrogens (tertiary/aromatic N) is 3. The lowest BCUT2D eigenvalue weighted by atomic mass is 9.95. The second-order valence-corrected chi connectivity index (χ2v) is 8.78. The lowest BCUT2D eigenvalue weighted by Crippen LogP contribution is -2.17. The van der Waals surface area contributed by atoms with Crippen molar-refractivity contribution < 1.29 is 9.21 Å². The van der Waals surface area contributed by atoms with Crippen LogP contribution in [-0.2, 0) is 4.79 Å². The van der Waals surface area contributed by atoms with E-state index in [0.29, 0.717) is 11.8 Å². The molecule has 0 saturated heterocycles. The first-order chi connectivity index (χ1) is 14.7. The van der Waals surface area contributed by atoms with Crippen molar-refractivity contribution in [2.75, 3.05) is 11.1 Å². The summed E-state index contributed by atoms with van der Waals surface area (Å²) in [7, 11) is 0. The maximum atomic E-state index is 12.6. The van der Waals surface area contributed by atoms with Gasteiger partial charge in [0.2, 0.25) is 5.91 Å². The zero-order chi connectivity index (χ0) is 20.5. The van der Waals surface area contributed by atoms with Crippen LogP contribution >= 0.6 is 11.8 Å². The Hall–Kier alpha value is -2.80. The minimum absolute atomic E-state index is 0.0528. The van der Waals surface area contributed by atoms with Crippen LogP contribution in [0.1, 0.15) is 44.0 Å². The highest BCUT2D eigenvalue weighted by Gasteiger charge is 2.21. The van der Waals surface area contributed by atoms with Gasteiger partial charge < -0.3 is 14.3 Å². The Balaban J connectivity index is 1.28. The Morgan fingerprint density at radius 3 is 2.77 bits per heavy atom. The molecule has 2 heterocycles. The van der Waals surface area contributed by atoms with Crippen LogP contribution in [0.5, 0.6) is 0 Å². The van der Waals surface area contributed by atoms with Gasteiger partial charge in [0.1, 0.15) is 17.0 Å². The number of fused-ring (bicyclic) bond motifs is 3. The van der Waals surface area contributed by atoms with Gasteiger partial charge in [-0.25, -0.2) is 0 Å². The molecule has 0 atom stereocenters. The Morgan fingerprint density at radius 2 is 1.90 bits per heavy atom. The van der Waals surface area contributed by atoms with Gasteiger partial charge in [-0.05, 0) is 44.0 Å². The van der Waals surface area contributed by atoms with Crippen molar-refractivity contribution in [3.8, 4) is 0 Å². The Labute approximate surface area is 179 Å². The van der Waals surface area contributed by atoms with E-state index in [4.69, 9.17) is 4.42 Å². The van der Waals surface area contributed by atoms with E-state index in [-0.39, 0.29) is 5.91 Å². The standard InChI is InChI=1S/C23H24N4O2S/c1-15-25-26-23(27(15)17-7-3-2-4-8-17)30-14-22(28)24-16-11-12-21-19(13-16)18-9-5-6-10-20(18)29-21/h5-6,9-13,17H,2-4,7-8,14H2,1H3,(H,24,28). The topological polar surface area (TPSA) is 73.0 Å². The molecule has 2 aromatic carbocycles. The van der Waals surface area contributed by atoms with Crippen LogP contribution in [0, 0.1) is 6.92 Å². The summed E-state index contributed by atoms with van der Waals surface area (Å²) < 4.78 is 8.08. The largest absolute Gasteiger partial charge is 0.456 e. The molecule has 5 rings (SSSR count). The Kier molecular flexibility index (Phi) is 5.21. The van der Waals surface area contributed by atoms with Gasteiger partial charge in [-0.2, -0.15) is 0 Å². The van der Waals surface area contributed by atoms with Gasteiger partial charge in [0.15, 0.2) is 5.16 Å². The predicted molar refractivity (Wildman–Crippen MR) is 120 cm³/mol. The fourth-order valence-electron chi connectivity index (χ4n) is 4.34. The van der Waals surface area contributed by atoms with E-state index in [0.717, 1.165) is 51.4 Å². The van der Waals surface area contributed by atoms with Gasteiger partial charge in [0, 0.05) is 22.5 Å². The normalized spacial score (nSPS) is 15.1. The van der Waals surface area contributed by atoms with Crippen LogP contribution in [0.25, 0.3) is 21.9 Å². The molecule has 7 heteroatoms. The number of nitrogens with one attached hydrogen (secondary N) is 1. The Morgan fingerprint density at radius 1 is 1.10 bits per heavy atom. The van der Waals surface area contributed by atoms with Crippen molar-refractivity contribution in [3.63, 3.8) is 0 Å². The second kappa shape index (κ2) is 8.14. The van der Waals surface area contributed by atoms with Gasteiger partial charge >= 0.3 is 0 Å². The lowest BCUT2D eigenvalue weighted by molar-refractivity contribution is -0.113. The lowest BCUT2D eigenvalue weighted by Gasteiger charge is -2.24. The summed E-state index contributed by atoms with van der Waals surface area (Å²) in [5.41, 5.74) is 2.44. The van der Waals surface area contributed by atoms with E-state index < -0.39 is 0 Å². The summed E-state index contributed by atoms with van der Waals surface area (Å²) in [6, 6.07) is 14.1. The first-order valence-corrected chi connectivity index (χ1v) is 11.4. The highest BCUT2D eigenvalue weighted by Crippen LogP contribution is 2.33. The third-order valence-electron chi connectivity index (χ3n) is 5.77. The van der Waals surface area contributed by atoms with Gasteiger partial charge in [-0.1, -0.05) is 49.2 Å². The number of aromatic nitrogens is 3. The van der Waals surface area contributed by atoms with Crippen molar-refractivity contribution in [2.45, 2.75) is 50.2 Å². The maximum absolute atomic E-state index is 12.6. The van der Waals surface area contributed by atoms with Crippen molar-refractivity contribution in [3.05, 3.63) is 48.3 Å². The van der Waals surface area contributed by atoms with Gasteiger partial charge in [0.05, 0.1) is 5.75 Å². The number of hydrogen-bond acceptors (Lipinski definition) is 5. The molecular weight excluding hydrogens is 396 g/mol. The molecule has 1 N–H and O–H groups in total. The second-order valence-electron chi connectivity index (χ2n) is 7.84. The number of aryl methyl sites for hydroxylation is 1. The van der Waals surface area contributed by atoms with Crippen LogP contribution in [0.4, 0.5) is 5.69 Å². The molecule has 1 aliphatic carbocycles. The average molecular weight is 421 g/mol. The van der Waals surface area contributed by atoms with Crippen LogP contribution in [0.2, 0.25) is 0 Å². The van der Waals surface area contributed by atoms with Gasteiger partial charge in [-0.15, -0.1) is 10.2 Å². The summed E-state index contributed by atoms with van der Waals surface area (Å²) in [6.07, 6.45) is 6.13. The monoisotopic (exact) mass is 420 g/mol. The van der Waals surface area contributed by atoms with Crippen molar-refractivity contribution in [1.82, 2.24) is 14.8 Å². The number of thioether (sulfide) groups is 1. The van der Waals surface area contributed by atoms with Crippen molar-refractivity contribution >= 4 is 45.3 Å². The SMILES string of the molecule is Cc1nnc(SCC(=O)Nc2ccc3oc4ccccc4c3c2)n1C1CCCCC1. The van der Waals surface area contributed by atoms with E-state index in [1.54, 1.807) is 0 Å². The van der Waals surface area contributed by atoms with Crippen LogP contribution in [-0.4, -0.2) is 26.4 Å². The summed E-state index contributed by atoms with van der Waals surface area (Å²) in [6.45, 7) is 2.00. The maximum Gasteiger partial charge on any atom is 0.234 e. The molecule has 0 bridgehead atoms. The molecule has 1 aliphatic rings. The number of para-hydroxylation sites is 1. The molecule has 1 fully saturated rings. The fourth-order valence-corrected chi connectivity index (χ4v) is 5.19. The van der Waals surface area contributed by atoms with E-state index in [1.807, 2.05) is 49.4 Å². The molecule has 6 nitrogen and oxygen atoms in total. The fraction of sp³-hybridized carbons (Fsp3) is 0.348. The van der Waals surface area contributed by atoms with Crippen LogP contribution < -0.4 is 5.32 Å². The number of benzene rings is 2. The van der Waals surface area contributed by atoms with Crippen molar-refractivity contribution in [2.24, 2.45) is 0 Å². The molecule has 0 unspecified atom stereocenters. The molecule has 154 valence electrons. The molecular formula is C23H24N4O2S. The van der Waals surface area contributed by atoms with Crippen LogP contribution in [0.3, 0.4) is 0 Å². The minimum Gasteiger partial charge on any atom is -0.456 e. The number of furan rings is 1. The molecule has 4 aromatic rings. The molecule has 0 aliphatic heterocycles. The summed E-state index contributed by atoms with van der Waals surface area (Å²) in [4.78, 5) is 12.6. The van der Waals surface area contributed by atoms with Crippen LogP contribution in [0.15, 0.2) is 52.0 Å². The third-order valence-corrected chi connectivity index (χ3v) is 6.71. The number of amides is 1. The van der Waals surface area contributed by atoms with E-state index in [9.17, 15) is 4.79 Å². The van der Waals surface area contributed by atoms with Gasteiger partial charge in [0.25, 0.3) is 0 Å². The number of carbonyl (C=O) groups is 1. The highest BCUT2D eigenvalue weighted by molar-refractivity contribution is 7.99. The highest BCUT2D eigenvalue weighted by atomic mass is 32.2. The molecule has 2 aromatic heterocycles. The average Bonchev–Trinajstić information content (AvgIpc) is 3.33. The summed E-state index contributed by atoms with van der Waals surface area (Å²) in [5.74, 6) is 1.18. The molecule has 30 heavy (non-hydrogen) atoms. The number of anilines is 1. The predicted octanol–water partition coefficient (Wildman–Crippen LogP) is 5.72. The van der Waals surface area contributed by atoms with E-state index in [2.05, 4.69) is 20.1 Å². The molecule has 0 radical (unpaired) electrons. The Bertz CT molecular complexity index is 1210. The first kappa shape index (κ1) is 19.2. The first-order valence-electron chi connectivity index (χ1n) is 10.4. The molecule has 0 spiro atoms. The number of hydrogen-bond donors (Lipinski definition) is 1. The van der Waals surface area contributed by atoms with E-state index in [1.165, 1.54) is 31.0 Å². The smallest absolute Gasteiger partial charge is 0.234 e. The number of rotatable bonds is 5. The molecule has 1 saturated carbocycles. The quantitative estimate of drug-likeness (QED) is 0.418. The zero-order valence-electron chi connectivity index (χ0n) is 16.9. The van der Waals surface area contributed by atoms with Gasteiger partial charge in [-0.3, -0.25) is 4.79 Å². The summed E-state index contributed by atoms with van der Waals surface area (Å²) >= 11 is 1.46. The number of carbonyl (C=O) groups excluding carboxylic acids is 1.